The van der Waals surface area contributed by atoms with E-state index in [1.165, 1.54) is 0 Å². The van der Waals surface area contributed by atoms with E-state index in [9.17, 15) is 19.5 Å². The molecule has 0 fully saturated rings. The first-order valence-corrected chi connectivity index (χ1v) is 7.49. The van der Waals surface area contributed by atoms with Crippen LogP contribution in [0.3, 0.4) is 0 Å². The van der Waals surface area contributed by atoms with E-state index in [0.717, 1.165) is 12.2 Å². The van der Waals surface area contributed by atoms with Crippen LogP contribution in [0.5, 0.6) is 5.75 Å². The number of carbonyl (C=O) groups is 3. The predicted octanol–water partition coefficient (Wildman–Crippen LogP) is 1.40. The van der Waals surface area contributed by atoms with Crippen LogP contribution >= 0.6 is 0 Å². The maximum absolute atomic E-state index is 11.6. The minimum Gasteiger partial charge on any atom is -0.463 e. The van der Waals surface area contributed by atoms with Crippen molar-refractivity contribution in [3.63, 3.8) is 0 Å². The minimum absolute atomic E-state index is 0.00166. The standard InChI is InChI=1S/C17H20O7/c1-2-22-15(19)10-11-16(20)23-12-6-9-14(18)17(21)24-13-7-4-3-5-8-13/h3-5,7-8,10-11,14,18H,2,6,9,12H2,1H3/b11-10+. The molecular weight excluding hydrogens is 316 g/mol. The normalized spacial score (nSPS) is 11.8. The monoisotopic (exact) mass is 336 g/mol. The molecule has 130 valence electrons. The Kier molecular flexibility index (Phi) is 8.85. The number of aliphatic hydroxyl groups is 1. The van der Waals surface area contributed by atoms with E-state index in [4.69, 9.17) is 9.47 Å². The molecule has 0 heterocycles. The molecule has 0 spiro atoms. The summed E-state index contributed by atoms with van der Waals surface area (Å²) >= 11 is 0. The Labute approximate surface area is 139 Å². The summed E-state index contributed by atoms with van der Waals surface area (Å²) < 4.78 is 14.4. The van der Waals surface area contributed by atoms with Gasteiger partial charge in [0.2, 0.25) is 0 Å². The van der Waals surface area contributed by atoms with Gasteiger partial charge in [-0.25, -0.2) is 14.4 Å². The molecule has 1 atom stereocenters. The number of hydrogen-bond donors (Lipinski definition) is 1. The third-order valence-electron chi connectivity index (χ3n) is 2.74. The van der Waals surface area contributed by atoms with Crippen molar-refractivity contribution in [1.82, 2.24) is 0 Å². The third-order valence-corrected chi connectivity index (χ3v) is 2.74. The summed E-state index contributed by atoms with van der Waals surface area (Å²) in [6.07, 6.45) is 0.972. The number of hydrogen-bond acceptors (Lipinski definition) is 7. The zero-order valence-corrected chi connectivity index (χ0v) is 13.3. The Bertz CT molecular complexity index is 566. The van der Waals surface area contributed by atoms with Crippen LogP contribution in [-0.2, 0) is 23.9 Å². The number of para-hydroxylation sites is 1. The quantitative estimate of drug-likeness (QED) is 0.315. The van der Waals surface area contributed by atoms with Gasteiger partial charge >= 0.3 is 17.9 Å². The molecule has 0 amide bonds. The molecule has 0 aliphatic heterocycles. The molecule has 0 aliphatic rings. The highest BCUT2D eigenvalue weighted by Gasteiger charge is 2.17. The van der Waals surface area contributed by atoms with Crippen molar-refractivity contribution in [2.75, 3.05) is 13.2 Å². The highest BCUT2D eigenvalue weighted by molar-refractivity contribution is 5.91. The second kappa shape index (κ2) is 11.0. The van der Waals surface area contributed by atoms with Crippen molar-refractivity contribution in [1.29, 1.82) is 0 Å². The number of esters is 3. The topological polar surface area (TPSA) is 99.1 Å². The number of ether oxygens (including phenoxy) is 3. The zero-order chi connectivity index (χ0) is 17.8. The summed E-state index contributed by atoms with van der Waals surface area (Å²) in [5.41, 5.74) is 0. The van der Waals surface area contributed by atoms with Gasteiger partial charge in [-0.15, -0.1) is 0 Å². The summed E-state index contributed by atoms with van der Waals surface area (Å²) in [4.78, 5) is 33.9. The maximum atomic E-state index is 11.6. The average Bonchev–Trinajstić information content (AvgIpc) is 2.57. The predicted molar refractivity (Wildman–Crippen MR) is 84.0 cm³/mol. The molecule has 7 nitrogen and oxygen atoms in total. The second-order valence-corrected chi connectivity index (χ2v) is 4.65. The van der Waals surface area contributed by atoms with Gasteiger partial charge in [-0.05, 0) is 31.9 Å². The van der Waals surface area contributed by atoms with Gasteiger partial charge < -0.3 is 19.3 Å². The molecule has 0 aliphatic carbocycles. The Morgan fingerprint density at radius 3 is 2.33 bits per heavy atom. The Balaban J connectivity index is 2.21. The van der Waals surface area contributed by atoms with Crippen molar-refractivity contribution in [3.05, 3.63) is 42.5 Å². The Morgan fingerprint density at radius 2 is 1.71 bits per heavy atom. The van der Waals surface area contributed by atoms with E-state index in [0.29, 0.717) is 5.75 Å². The summed E-state index contributed by atoms with van der Waals surface area (Å²) in [5, 5.41) is 9.69. The SMILES string of the molecule is CCOC(=O)/C=C/C(=O)OCCCC(O)C(=O)Oc1ccccc1. The van der Waals surface area contributed by atoms with E-state index in [2.05, 4.69) is 4.74 Å². The molecule has 0 radical (unpaired) electrons. The summed E-state index contributed by atoms with van der Waals surface area (Å²) in [5.74, 6) is -1.76. The molecule has 0 aromatic heterocycles. The van der Waals surface area contributed by atoms with E-state index in [1.54, 1.807) is 37.3 Å². The van der Waals surface area contributed by atoms with Gasteiger partial charge in [0, 0.05) is 12.2 Å². The summed E-state index contributed by atoms with van der Waals surface area (Å²) in [6, 6.07) is 8.39. The number of carbonyl (C=O) groups excluding carboxylic acids is 3. The van der Waals surface area contributed by atoms with Crippen molar-refractivity contribution < 1.29 is 33.7 Å². The lowest BCUT2D eigenvalue weighted by Gasteiger charge is -2.10. The summed E-state index contributed by atoms with van der Waals surface area (Å²) in [7, 11) is 0. The fourth-order valence-corrected chi connectivity index (χ4v) is 1.61. The van der Waals surface area contributed by atoms with E-state index in [1.807, 2.05) is 0 Å². The number of rotatable bonds is 9. The van der Waals surface area contributed by atoms with Crippen LogP contribution in [0.2, 0.25) is 0 Å². The van der Waals surface area contributed by atoms with Crippen LogP contribution in [0.15, 0.2) is 42.5 Å². The van der Waals surface area contributed by atoms with Crippen LogP contribution in [0.4, 0.5) is 0 Å². The highest BCUT2D eigenvalue weighted by atomic mass is 16.6. The first-order valence-electron chi connectivity index (χ1n) is 7.49. The molecule has 1 aromatic carbocycles. The molecular formula is C17H20O7. The number of aliphatic hydroxyl groups excluding tert-OH is 1. The molecule has 1 N–H and O–H groups in total. The smallest absolute Gasteiger partial charge is 0.340 e. The van der Waals surface area contributed by atoms with Gasteiger partial charge in [0.25, 0.3) is 0 Å². The lowest BCUT2D eigenvalue weighted by atomic mass is 10.2. The van der Waals surface area contributed by atoms with Crippen LogP contribution in [-0.4, -0.2) is 42.3 Å². The molecule has 0 saturated carbocycles. The fraction of sp³-hybridized carbons (Fsp3) is 0.353. The molecule has 24 heavy (non-hydrogen) atoms. The van der Waals surface area contributed by atoms with Crippen molar-refractivity contribution in [3.8, 4) is 5.75 Å². The maximum Gasteiger partial charge on any atom is 0.340 e. The van der Waals surface area contributed by atoms with Crippen LogP contribution in [0.25, 0.3) is 0 Å². The van der Waals surface area contributed by atoms with Crippen LogP contribution in [0, 0.1) is 0 Å². The van der Waals surface area contributed by atoms with Gasteiger partial charge in [0.05, 0.1) is 13.2 Å². The summed E-state index contributed by atoms with van der Waals surface area (Å²) in [6.45, 7) is 1.87. The largest absolute Gasteiger partial charge is 0.463 e. The van der Waals surface area contributed by atoms with Gasteiger partial charge in [0.15, 0.2) is 6.10 Å². The van der Waals surface area contributed by atoms with Crippen molar-refractivity contribution in [2.45, 2.75) is 25.9 Å². The molecule has 0 bridgehead atoms. The van der Waals surface area contributed by atoms with Gasteiger partial charge in [-0.2, -0.15) is 0 Å². The van der Waals surface area contributed by atoms with E-state index >= 15 is 0 Å². The number of benzene rings is 1. The molecule has 1 rings (SSSR count). The van der Waals surface area contributed by atoms with Crippen LogP contribution < -0.4 is 4.74 Å². The minimum atomic E-state index is -1.31. The second-order valence-electron chi connectivity index (χ2n) is 4.65. The van der Waals surface area contributed by atoms with E-state index in [-0.39, 0.29) is 26.1 Å². The average molecular weight is 336 g/mol. The van der Waals surface area contributed by atoms with Crippen LogP contribution in [0.1, 0.15) is 19.8 Å². The molecule has 0 saturated heterocycles. The Morgan fingerprint density at radius 1 is 1.08 bits per heavy atom. The molecule has 1 aromatic rings. The highest BCUT2D eigenvalue weighted by Crippen LogP contribution is 2.10. The van der Waals surface area contributed by atoms with E-state index < -0.39 is 24.0 Å². The van der Waals surface area contributed by atoms with Gasteiger partial charge in [-0.1, -0.05) is 18.2 Å². The zero-order valence-electron chi connectivity index (χ0n) is 13.3. The first kappa shape index (κ1) is 19.4. The molecule has 1 unspecified atom stereocenters. The van der Waals surface area contributed by atoms with Gasteiger partial charge in [-0.3, -0.25) is 0 Å². The lowest BCUT2D eigenvalue weighted by Crippen LogP contribution is -2.26. The lowest BCUT2D eigenvalue weighted by molar-refractivity contribution is -0.144. The first-order chi connectivity index (χ1) is 11.5. The van der Waals surface area contributed by atoms with Gasteiger partial charge in [0.1, 0.15) is 5.75 Å². The fourth-order valence-electron chi connectivity index (χ4n) is 1.61. The third kappa shape index (κ3) is 8.09. The van der Waals surface area contributed by atoms with Crippen molar-refractivity contribution >= 4 is 17.9 Å². The molecule has 7 heteroatoms. The van der Waals surface area contributed by atoms with Crippen molar-refractivity contribution in [2.24, 2.45) is 0 Å². The Hall–Kier alpha value is -2.67.